The molecule has 0 amide bonds. The van der Waals surface area contributed by atoms with Crippen LogP contribution in [-0.4, -0.2) is 0 Å². The normalized spacial score (nSPS) is 13.6. The smallest absolute Gasteiger partial charge is 0.00229 e. The zero-order chi connectivity index (χ0) is 13.2. The lowest BCUT2D eigenvalue weighted by atomic mass is 9.94. The van der Waals surface area contributed by atoms with E-state index >= 15 is 0 Å². The number of aryl methyl sites for hydroxylation is 2. The molecule has 0 spiro atoms. The van der Waals surface area contributed by atoms with Gasteiger partial charge in [0.2, 0.25) is 0 Å². The van der Waals surface area contributed by atoms with Gasteiger partial charge in [-0.2, -0.15) is 0 Å². The Morgan fingerprint density at radius 3 is 2.26 bits per heavy atom. The summed E-state index contributed by atoms with van der Waals surface area (Å²) in [5, 5.41) is 0. The van der Waals surface area contributed by atoms with E-state index in [1.807, 2.05) is 0 Å². The molecule has 0 radical (unpaired) electrons. The molecule has 0 heteroatoms. The van der Waals surface area contributed by atoms with E-state index < -0.39 is 0 Å². The summed E-state index contributed by atoms with van der Waals surface area (Å²) in [5.41, 5.74) is 9.16. The van der Waals surface area contributed by atoms with Crippen LogP contribution in [-0.2, 0) is 25.7 Å². The first-order valence-corrected chi connectivity index (χ1v) is 7.46. The molecule has 19 heavy (non-hydrogen) atoms. The second-order valence-corrected chi connectivity index (χ2v) is 5.70. The Morgan fingerprint density at radius 1 is 0.842 bits per heavy atom. The summed E-state index contributed by atoms with van der Waals surface area (Å²) in [4.78, 5) is 0. The van der Waals surface area contributed by atoms with Crippen molar-refractivity contribution in [1.29, 1.82) is 0 Å². The highest BCUT2D eigenvalue weighted by Gasteiger charge is 2.16. The van der Waals surface area contributed by atoms with Crippen LogP contribution in [0.5, 0.6) is 0 Å². The molecule has 0 aromatic heterocycles. The monoisotopic (exact) mass is 250 g/mol. The van der Waals surface area contributed by atoms with Crippen molar-refractivity contribution < 1.29 is 0 Å². The average Bonchev–Trinajstić information content (AvgIpc) is 2.93. The molecule has 0 fully saturated rings. The maximum absolute atomic E-state index is 2.34. The van der Waals surface area contributed by atoms with E-state index in [4.69, 9.17) is 0 Å². The van der Waals surface area contributed by atoms with Crippen LogP contribution in [0.2, 0.25) is 0 Å². The standard InChI is InChI=1S/C19H22/c1-3-15-8-10-16(11-9-15)13-17-12-7-14(2)18-5-4-6-19(17)18/h7-12H,3-6,13H2,1-2H3. The van der Waals surface area contributed by atoms with E-state index in [2.05, 4.69) is 50.2 Å². The van der Waals surface area contributed by atoms with Crippen molar-refractivity contribution >= 4 is 0 Å². The van der Waals surface area contributed by atoms with Gasteiger partial charge in [-0.15, -0.1) is 0 Å². The minimum atomic E-state index is 1.09. The average molecular weight is 250 g/mol. The summed E-state index contributed by atoms with van der Waals surface area (Å²) < 4.78 is 0. The second kappa shape index (κ2) is 5.21. The first-order valence-electron chi connectivity index (χ1n) is 7.46. The third-order valence-electron chi connectivity index (χ3n) is 4.44. The molecule has 1 aliphatic carbocycles. The van der Waals surface area contributed by atoms with E-state index in [-0.39, 0.29) is 0 Å². The lowest BCUT2D eigenvalue weighted by Gasteiger charge is -2.11. The fourth-order valence-electron chi connectivity index (χ4n) is 3.24. The maximum Gasteiger partial charge on any atom is -0.00229 e. The molecule has 1 aliphatic rings. The minimum absolute atomic E-state index is 1.09. The Kier molecular flexibility index (Phi) is 3.42. The molecule has 0 nitrogen and oxygen atoms in total. The SMILES string of the molecule is CCc1ccc(Cc2ccc(C)c3c2CCC3)cc1. The van der Waals surface area contributed by atoms with Gasteiger partial charge in [-0.1, -0.05) is 43.3 Å². The fraction of sp³-hybridized carbons (Fsp3) is 0.368. The van der Waals surface area contributed by atoms with Gasteiger partial charge in [0.05, 0.1) is 0 Å². The van der Waals surface area contributed by atoms with Gasteiger partial charge in [0.1, 0.15) is 0 Å². The number of fused-ring (bicyclic) bond motifs is 1. The number of rotatable bonds is 3. The molecule has 3 rings (SSSR count). The van der Waals surface area contributed by atoms with Crippen molar-refractivity contribution in [2.45, 2.75) is 46.0 Å². The van der Waals surface area contributed by atoms with Gasteiger partial charge in [-0.25, -0.2) is 0 Å². The third-order valence-corrected chi connectivity index (χ3v) is 4.44. The number of hydrogen-bond donors (Lipinski definition) is 0. The maximum atomic E-state index is 2.34. The van der Waals surface area contributed by atoms with E-state index in [0.29, 0.717) is 0 Å². The second-order valence-electron chi connectivity index (χ2n) is 5.70. The Hall–Kier alpha value is -1.56. The van der Waals surface area contributed by atoms with Crippen molar-refractivity contribution in [1.82, 2.24) is 0 Å². The summed E-state index contributed by atoms with van der Waals surface area (Å²) in [7, 11) is 0. The molecule has 0 saturated heterocycles. The Labute approximate surface area is 116 Å². The number of hydrogen-bond acceptors (Lipinski definition) is 0. The number of benzene rings is 2. The zero-order valence-electron chi connectivity index (χ0n) is 12.0. The molecule has 0 saturated carbocycles. The van der Waals surface area contributed by atoms with Crippen LogP contribution in [0.1, 0.15) is 46.7 Å². The van der Waals surface area contributed by atoms with Gasteiger partial charge in [-0.3, -0.25) is 0 Å². The molecule has 0 N–H and O–H groups in total. The van der Waals surface area contributed by atoms with Gasteiger partial charge >= 0.3 is 0 Å². The molecule has 98 valence electrons. The Morgan fingerprint density at radius 2 is 1.53 bits per heavy atom. The molecular weight excluding hydrogens is 228 g/mol. The molecule has 0 aliphatic heterocycles. The van der Waals surface area contributed by atoms with Crippen LogP contribution in [0.15, 0.2) is 36.4 Å². The quantitative estimate of drug-likeness (QED) is 0.744. The Balaban J connectivity index is 1.89. The molecular formula is C19H22. The van der Waals surface area contributed by atoms with Crippen molar-refractivity contribution in [3.63, 3.8) is 0 Å². The van der Waals surface area contributed by atoms with Gasteiger partial charge in [0, 0.05) is 0 Å². The van der Waals surface area contributed by atoms with Crippen molar-refractivity contribution in [3.8, 4) is 0 Å². The summed E-state index contributed by atoms with van der Waals surface area (Å²) in [5.74, 6) is 0. The van der Waals surface area contributed by atoms with Crippen LogP contribution in [0.25, 0.3) is 0 Å². The summed E-state index contributed by atoms with van der Waals surface area (Å²) in [6, 6.07) is 13.8. The third kappa shape index (κ3) is 2.45. The first kappa shape index (κ1) is 12.5. The molecule has 0 atom stereocenters. The lowest BCUT2D eigenvalue weighted by Crippen LogP contribution is -1.97. The molecule has 2 aromatic carbocycles. The van der Waals surface area contributed by atoms with E-state index in [1.54, 1.807) is 16.7 Å². The largest absolute Gasteiger partial charge is 0.0613 e. The predicted molar refractivity (Wildman–Crippen MR) is 81.8 cm³/mol. The first-order chi connectivity index (χ1) is 9.28. The summed E-state index contributed by atoms with van der Waals surface area (Å²) in [6.45, 7) is 4.46. The van der Waals surface area contributed by atoms with Crippen molar-refractivity contribution in [3.05, 3.63) is 69.8 Å². The zero-order valence-corrected chi connectivity index (χ0v) is 12.0. The molecule has 0 unspecified atom stereocenters. The van der Waals surface area contributed by atoms with E-state index in [1.165, 1.54) is 36.0 Å². The van der Waals surface area contributed by atoms with Crippen LogP contribution < -0.4 is 0 Å². The van der Waals surface area contributed by atoms with Crippen LogP contribution in [0, 0.1) is 6.92 Å². The highest BCUT2D eigenvalue weighted by molar-refractivity contribution is 5.45. The predicted octanol–water partition coefficient (Wildman–Crippen LogP) is 4.64. The van der Waals surface area contributed by atoms with E-state index in [0.717, 1.165) is 12.8 Å². The molecule has 2 aromatic rings. The highest BCUT2D eigenvalue weighted by atomic mass is 14.2. The van der Waals surface area contributed by atoms with Gasteiger partial charge in [0.25, 0.3) is 0 Å². The van der Waals surface area contributed by atoms with Crippen LogP contribution in [0.4, 0.5) is 0 Å². The van der Waals surface area contributed by atoms with Crippen molar-refractivity contribution in [2.24, 2.45) is 0 Å². The molecule has 0 heterocycles. The minimum Gasteiger partial charge on any atom is -0.0613 e. The fourth-order valence-corrected chi connectivity index (χ4v) is 3.24. The van der Waals surface area contributed by atoms with E-state index in [9.17, 15) is 0 Å². The molecule has 0 bridgehead atoms. The summed E-state index contributed by atoms with van der Waals surface area (Å²) >= 11 is 0. The van der Waals surface area contributed by atoms with Crippen LogP contribution in [0.3, 0.4) is 0 Å². The van der Waals surface area contributed by atoms with Crippen molar-refractivity contribution in [2.75, 3.05) is 0 Å². The lowest BCUT2D eigenvalue weighted by molar-refractivity contribution is 0.905. The highest BCUT2D eigenvalue weighted by Crippen LogP contribution is 2.29. The Bertz CT molecular complexity index is 576. The van der Waals surface area contributed by atoms with Gasteiger partial charge < -0.3 is 0 Å². The summed E-state index contributed by atoms with van der Waals surface area (Å²) in [6.07, 6.45) is 6.11. The van der Waals surface area contributed by atoms with Gasteiger partial charge in [0.15, 0.2) is 0 Å². The topological polar surface area (TPSA) is 0 Å². The van der Waals surface area contributed by atoms with Crippen LogP contribution >= 0.6 is 0 Å². The van der Waals surface area contributed by atoms with Gasteiger partial charge in [-0.05, 0) is 72.4 Å².